The average Bonchev–Trinajstić information content (AvgIpc) is 2.93. The maximum atomic E-state index is 11.8. The Balaban J connectivity index is 1.84. The average molecular weight is 461 g/mol. The van der Waals surface area contributed by atoms with E-state index in [9.17, 15) is 4.79 Å². The lowest BCUT2D eigenvalue weighted by Crippen LogP contribution is -2.17. The van der Waals surface area contributed by atoms with Crippen molar-refractivity contribution in [1.29, 1.82) is 0 Å². The Labute approximate surface area is 180 Å². The number of amides is 1. The Morgan fingerprint density at radius 1 is 1.15 bits per heavy atom. The summed E-state index contributed by atoms with van der Waals surface area (Å²) in [5.74, 6) is 0.604. The fourth-order valence-corrected chi connectivity index (χ4v) is 3.96. The molecule has 1 fully saturated rings. The fourth-order valence-electron chi connectivity index (χ4n) is 2.32. The molecule has 2 aromatic rings. The minimum Gasteiger partial charge on any atom is -0.493 e. The maximum Gasteiger partial charge on any atom is 0.263 e. The molecule has 1 saturated heterocycles. The van der Waals surface area contributed by atoms with E-state index in [1.807, 2.05) is 6.07 Å². The molecule has 1 aliphatic rings. The number of methoxy groups -OCH3 is 1. The Hall–Kier alpha value is -1.44. The highest BCUT2D eigenvalue weighted by atomic mass is 35.5. The number of carbonyl (C=O) groups is 1. The van der Waals surface area contributed by atoms with Gasteiger partial charge in [0.25, 0.3) is 5.91 Å². The van der Waals surface area contributed by atoms with Crippen LogP contribution >= 0.6 is 58.8 Å². The topological polar surface area (TPSA) is 47.6 Å². The lowest BCUT2D eigenvalue weighted by Gasteiger charge is -2.14. The van der Waals surface area contributed by atoms with Crippen LogP contribution in [-0.2, 0) is 11.4 Å². The first-order valence-corrected chi connectivity index (χ1v) is 9.92. The van der Waals surface area contributed by atoms with Crippen LogP contribution in [0, 0.1) is 0 Å². The number of thioether (sulfide) groups is 1. The highest BCUT2D eigenvalue weighted by molar-refractivity contribution is 8.26. The number of hydrogen-bond acceptors (Lipinski definition) is 5. The summed E-state index contributed by atoms with van der Waals surface area (Å²) < 4.78 is 11.6. The first kappa shape index (κ1) is 20.3. The van der Waals surface area contributed by atoms with Crippen molar-refractivity contribution in [2.45, 2.75) is 6.61 Å². The van der Waals surface area contributed by atoms with Crippen LogP contribution in [-0.4, -0.2) is 17.3 Å². The van der Waals surface area contributed by atoms with Crippen LogP contribution in [0.1, 0.15) is 11.1 Å². The molecule has 0 unspecified atom stereocenters. The van der Waals surface area contributed by atoms with Crippen molar-refractivity contribution >= 4 is 75.1 Å². The zero-order chi connectivity index (χ0) is 19.6. The van der Waals surface area contributed by atoms with E-state index in [0.29, 0.717) is 41.4 Å². The summed E-state index contributed by atoms with van der Waals surface area (Å²) >= 11 is 24.5. The van der Waals surface area contributed by atoms with Crippen molar-refractivity contribution in [1.82, 2.24) is 5.32 Å². The second kappa shape index (κ2) is 8.71. The highest BCUT2D eigenvalue weighted by Crippen LogP contribution is 2.38. The molecule has 140 valence electrons. The molecule has 0 aromatic heterocycles. The Kier molecular flexibility index (Phi) is 6.55. The summed E-state index contributed by atoms with van der Waals surface area (Å²) in [5, 5.41) is 3.84. The molecule has 0 radical (unpaired) electrons. The largest absolute Gasteiger partial charge is 0.493 e. The lowest BCUT2D eigenvalue weighted by atomic mass is 10.1. The molecule has 3 rings (SSSR count). The van der Waals surface area contributed by atoms with Gasteiger partial charge in [-0.3, -0.25) is 4.79 Å². The third kappa shape index (κ3) is 4.89. The Bertz CT molecular complexity index is 963. The van der Waals surface area contributed by atoms with E-state index in [1.165, 1.54) is 18.9 Å². The van der Waals surface area contributed by atoms with Crippen molar-refractivity contribution in [3.05, 3.63) is 61.4 Å². The number of rotatable bonds is 5. The first-order chi connectivity index (χ1) is 12.9. The van der Waals surface area contributed by atoms with E-state index in [1.54, 1.807) is 30.3 Å². The second-order valence-corrected chi connectivity index (χ2v) is 8.36. The maximum absolute atomic E-state index is 11.8. The van der Waals surface area contributed by atoms with Gasteiger partial charge in [0.05, 0.1) is 27.1 Å². The summed E-state index contributed by atoms with van der Waals surface area (Å²) in [6.45, 7) is 0.236. The van der Waals surface area contributed by atoms with E-state index in [4.69, 9.17) is 56.5 Å². The van der Waals surface area contributed by atoms with Crippen LogP contribution in [0.15, 0.2) is 35.2 Å². The van der Waals surface area contributed by atoms with Crippen LogP contribution in [0.4, 0.5) is 0 Å². The van der Waals surface area contributed by atoms with Gasteiger partial charge in [-0.2, -0.15) is 0 Å². The SMILES string of the molecule is COc1cc(C=C2SC(=S)NC2=O)cc(Cl)c1OCc1ccc(Cl)c(Cl)c1. The second-order valence-electron chi connectivity index (χ2n) is 5.42. The van der Waals surface area contributed by atoms with Gasteiger partial charge in [0.15, 0.2) is 11.5 Å². The van der Waals surface area contributed by atoms with Crippen LogP contribution in [0.25, 0.3) is 6.08 Å². The van der Waals surface area contributed by atoms with Crippen LogP contribution in [0.2, 0.25) is 15.1 Å². The summed E-state index contributed by atoms with van der Waals surface area (Å²) in [6.07, 6.45) is 1.69. The molecular formula is C18H12Cl3NO3S2. The predicted octanol–water partition coefficient (Wildman–Crippen LogP) is 5.72. The summed E-state index contributed by atoms with van der Waals surface area (Å²) in [7, 11) is 1.51. The van der Waals surface area contributed by atoms with Gasteiger partial charge in [0.1, 0.15) is 10.9 Å². The minimum atomic E-state index is -0.236. The van der Waals surface area contributed by atoms with Crippen molar-refractivity contribution in [3.63, 3.8) is 0 Å². The smallest absolute Gasteiger partial charge is 0.263 e. The molecule has 2 aromatic carbocycles. The molecule has 1 aliphatic heterocycles. The quantitative estimate of drug-likeness (QED) is 0.456. The molecule has 9 heteroatoms. The lowest BCUT2D eigenvalue weighted by molar-refractivity contribution is -0.115. The van der Waals surface area contributed by atoms with Gasteiger partial charge in [-0.05, 0) is 41.5 Å². The van der Waals surface area contributed by atoms with E-state index in [0.717, 1.165) is 5.56 Å². The number of nitrogens with one attached hydrogen (secondary N) is 1. The molecule has 1 amide bonds. The standard InChI is InChI=1S/C18H12Cl3NO3S2/c1-24-14-6-10(7-15-17(23)22-18(26)27-15)5-13(21)16(14)25-8-9-2-3-11(19)12(20)4-9/h2-7H,8H2,1H3,(H,22,23,26). The molecule has 1 N–H and O–H groups in total. The van der Waals surface area contributed by atoms with Gasteiger partial charge < -0.3 is 14.8 Å². The monoisotopic (exact) mass is 459 g/mol. The van der Waals surface area contributed by atoms with Crippen LogP contribution in [0.3, 0.4) is 0 Å². The third-order valence-corrected chi connectivity index (χ3v) is 5.74. The Morgan fingerprint density at radius 2 is 1.93 bits per heavy atom. The van der Waals surface area contributed by atoms with E-state index < -0.39 is 0 Å². The van der Waals surface area contributed by atoms with E-state index in [-0.39, 0.29) is 12.5 Å². The molecule has 0 bridgehead atoms. The van der Waals surface area contributed by atoms with Gasteiger partial charge in [-0.25, -0.2) is 0 Å². The highest BCUT2D eigenvalue weighted by Gasteiger charge is 2.22. The molecule has 0 spiro atoms. The molecular weight excluding hydrogens is 449 g/mol. The zero-order valence-corrected chi connectivity index (χ0v) is 17.7. The van der Waals surface area contributed by atoms with Crippen molar-refractivity contribution < 1.29 is 14.3 Å². The van der Waals surface area contributed by atoms with Crippen molar-refractivity contribution in [3.8, 4) is 11.5 Å². The predicted molar refractivity (Wildman–Crippen MR) is 115 cm³/mol. The van der Waals surface area contributed by atoms with Crippen LogP contribution in [0.5, 0.6) is 11.5 Å². The number of thiocarbonyl (C=S) groups is 1. The fraction of sp³-hybridized carbons (Fsp3) is 0.111. The molecule has 4 nitrogen and oxygen atoms in total. The van der Waals surface area contributed by atoms with E-state index >= 15 is 0 Å². The summed E-state index contributed by atoms with van der Waals surface area (Å²) in [4.78, 5) is 12.3. The molecule has 0 atom stereocenters. The van der Waals surface area contributed by atoms with Crippen LogP contribution < -0.4 is 14.8 Å². The zero-order valence-electron chi connectivity index (χ0n) is 13.8. The van der Waals surface area contributed by atoms with Crippen molar-refractivity contribution in [2.75, 3.05) is 7.11 Å². The molecule has 1 heterocycles. The number of ether oxygens (including phenoxy) is 2. The third-order valence-electron chi connectivity index (χ3n) is 3.56. The summed E-state index contributed by atoms with van der Waals surface area (Å²) in [5.41, 5.74) is 1.53. The number of hydrogen-bond donors (Lipinski definition) is 1. The van der Waals surface area contributed by atoms with Gasteiger partial charge >= 0.3 is 0 Å². The minimum absolute atomic E-state index is 0.236. The number of carbonyl (C=O) groups excluding carboxylic acids is 1. The molecule has 0 saturated carbocycles. The van der Waals surface area contributed by atoms with Crippen molar-refractivity contribution in [2.24, 2.45) is 0 Å². The van der Waals surface area contributed by atoms with Gasteiger partial charge in [0.2, 0.25) is 0 Å². The molecule has 0 aliphatic carbocycles. The van der Waals surface area contributed by atoms with Gasteiger partial charge in [0, 0.05) is 0 Å². The first-order valence-electron chi connectivity index (χ1n) is 7.56. The Morgan fingerprint density at radius 3 is 2.56 bits per heavy atom. The summed E-state index contributed by atoms with van der Waals surface area (Å²) in [6, 6.07) is 8.66. The van der Waals surface area contributed by atoms with Gasteiger partial charge in [-0.1, -0.05) is 64.8 Å². The number of benzene rings is 2. The van der Waals surface area contributed by atoms with Gasteiger partial charge in [-0.15, -0.1) is 0 Å². The van der Waals surface area contributed by atoms with E-state index in [2.05, 4.69) is 5.32 Å². The number of halogens is 3. The molecule has 27 heavy (non-hydrogen) atoms. The normalized spacial score (nSPS) is 15.2.